The summed E-state index contributed by atoms with van der Waals surface area (Å²) in [5.74, 6) is -2.15. The van der Waals surface area contributed by atoms with Crippen LogP contribution in [0.15, 0.2) is 0 Å². The lowest BCUT2D eigenvalue weighted by atomic mass is 10.0. The number of hydrogen-bond acceptors (Lipinski definition) is 15. The zero-order valence-electron chi connectivity index (χ0n) is 53.2. The van der Waals surface area contributed by atoms with Crippen LogP contribution < -0.4 is 0 Å². The molecule has 0 spiro atoms. The maximum atomic E-state index is 13.0. The predicted molar refractivity (Wildman–Crippen MR) is 331 cm³/mol. The van der Waals surface area contributed by atoms with Crippen molar-refractivity contribution in [3.8, 4) is 0 Å². The summed E-state index contributed by atoms with van der Waals surface area (Å²) in [6.45, 7) is 4.75. The standard InChI is InChI=1S/C64H124O17P2/c1-5-9-13-17-20-22-24-25-26-27-28-29-30-31-32-33-34-36-39-43-47-51-64(69)81-60(55-75-62(67)49-45-41-38-35-23-21-18-14-10-6-2)57-79-83(72,73)77-53-58(65)52-76-82(70,71)78-56-59(54-74-61(66)48-44-40-16-12-8-4)80-63(68)50-46-42-37-19-15-11-7-3/h58-60,65H,5-57H2,1-4H3,(H,70,71)(H,72,73)/t58-,59+,60+/m0/s1. The van der Waals surface area contributed by atoms with Crippen molar-refractivity contribution in [3.63, 3.8) is 0 Å². The minimum absolute atomic E-state index is 0.103. The molecule has 0 saturated carbocycles. The molecule has 0 fully saturated rings. The van der Waals surface area contributed by atoms with Gasteiger partial charge in [-0.05, 0) is 25.7 Å². The van der Waals surface area contributed by atoms with Gasteiger partial charge in [-0.2, -0.15) is 0 Å². The highest BCUT2D eigenvalue weighted by Gasteiger charge is 2.30. The summed E-state index contributed by atoms with van der Waals surface area (Å²) in [5, 5.41) is 10.5. The van der Waals surface area contributed by atoms with Gasteiger partial charge in [0.05, 0.1) is 26.4 Å². The van der Waals surface area contributed by atoms with Gasteiger partial charge in [0.2, 0.25) is 0 Å². The number of phosphoric ester groups is 2. The van der Waals surface area contributed by atoms with Crippen LogP contribution in [0.5, 0.6) is 0 Å². The van der Waals surface area contributed by atoms with Crippen LogP contribution in [0.3, 0.4) is 0 Å². The van der Waals surface area contributed by atoms with Crippen molar-refractivity contribution >= 4 is 39.5 Å². The van der Waals surface area contributed by atoms with Crippen molar-refractivity contribution in [1.82, 2.24) is 0 Å². The molecule has 83 heavy (non-hydrogen) atoms. The maximum Gasteiger partial charge on any atom is 0.472 e. The summed E-state index contributed by atoms with van der Waals surface area (Å²) < 4.78 is 67.6. The number of ether oxygens (including phenoxy) is 4. The molecule has 5 atom stereocenters. The van der Waals surface area contributed by atoms with E-state index in [2.05, 4.69) is 27.7 Å². The Kier molecular flexibility index (Phi) is 57.7. The second-order valence-electron chi connectivity index (χ2n) is 23.2. The van der Waals surface area contributed by atoms with Gasteiger partial charge in [-0.1, -0.05) is 278 Å². The molecule has 0 aliphatic rings. The number of carbonyl (C=O) groups excluding carboxylic acids is 4. The topological polar surface area (TPSA) is 237 Å². The molecule has 0 radical (unpaired) electrons. The number of carbonyl (C=O) groups is 4. The van der Waals surface area contributed by atoms with Crippen LogP contribution in [0, 0.1) is 0 Å². The van der Waals surface area contributed by atoms with E-state index in [0.717, 1.165) is 109 Å². The van der Waals surface area contributed by atoms with Crippen LogP contribution in [0.25, 0.3) is 0 Å². The average Bonchev–Trinajstić information content (AvgIpc) is 3.48. The van der Waals surface area contributed by atoms with E-state index in [4.69, 9.17) is 37.0 Å². The molecular weight excluding hydrogens is 1100 g/mol. The lowest BCUT2D eigenvalue weighted by molar-refractivity contribution is -0.161. The minimum Gasteiger partial charge on any atom is -0.462 e. The Morgan fingerprint density at radius 2 is 0.482 bits per heavy atom. The van der Waals surface area contributed by atoms with Gasteiger partial charge in [0.1, 0.15) is 19.3 Å². The highest BCUT2D eigenvalue weighted by molar-refractivity contribution is 7.47. The van der Waals surface area contributed by atoms with Gasteiger partial charge >= 0.3 is 39.5 Å². The Morgan fingerprint density at radius 1 is 0.289 bits per heavy atom. The fourth-order valence-electron chi connectivity index (χ4n) is 9.63. The number of esters is 4. The van der Waals surface area contributed by atoms with Crippen LogP contribution >= 0.6 is 15.6 Å². The van der Waals surface area contributed by atoms with E-state index in [1.807, 2.05) is 0 Å². The molecule has 0 heterocycles. The Balaban J connectivity index is 5.04. The van der Waals surface area contributed by atoms with Crippen molar-refractivity contribution < 1.29 is 80.2 Å². The van der Waals surface area contributed by atoms with Gasteiger partial charge in [0.25, 0.3) is 0 Å². The van der Waals surface area contributed by atoms with E-state index in [-0.39, 0.29) is 25.7 Å². The van der Waals surface area contributed by atoms with Gasteiger partial charge < -0.3 is 33.8 Å². The number of unbranched alkanes of at least 4 members (excludes halogenated alkanes) is 39. The first-order valence-corrected chi connectivity index (χ1v) is 36.8. The van der Waals surface area contributed by atoms with Gasteiger partial charge in [0.15, 0.2) is 12.2 Å². The minimum atomic E-state index is -4.94. The van der Waals surface area contributed by atoms with Crippen molar-refractivity contribution in [1.29, 1.82) is 0 Å². The number of aliphatic hydroxyl groups is 1. The molecule has 0 aliphatic heterocycles. The Bertz CT molecular complexity index is 1600. The van der Waals surface area contributed by atoms with E-state index < -0.39 is 97.5 Å². The lowest BCUT2D eigenvalue weighted by Gasteiger charge is -2.21. The van der Waals surface area contributed by atoms with Crippen molar-refractivity contribution in [2.75, 3.05) is 39.6 Å². The van der Waals surface area contributed by atoms with Crippen LogP contribution in [0.2, 0.25) is 0 Å². The first kappa shape index (κ1) is 81.1. The van der Waals surface area contributed by atoms with Gasteiger partial charge in [-0.15, -0.1) is 0 Å². The number of aliphatic hydroxyl groups excluding tert-OH is 1. The third-order valence-electron chi connectivity index (χ3n) is 14.9. The molecule has 19 heteroatoms. The molecule has 0 saturated heterocycles. The first-order chi connectivity index (χ1) is 40.2. The molecule has 0 amide bonds. The summed E-state index contributed by atoms with van der Waals surface area (Å²) in [4.78, 5) is 71.7. The van der Waals surface area contributed by atoms with E-state index in [9.17, 15) is 43.2 Å². The SMILES string of the molecule is CCCCCCCCCCCCCCCCCCCCCCCC(=O)O[C@H](COC(=O)CCCCCCCCCCCC)COP(=O)(O)OC[C@@H](O)COP(=O)(O)OC[C@@H](COC(=O)CCCCCCC)OC(=O)CCCCCCCCC. The summed E-state index contributed by atoms with van der Waals surface area (Å²) in [6, 6.07) is 0. The lowest BCUT2D eigenvalue weighted by Crippen LogP contribution is -2.30. The highest BCUT2D eigenvalue weighted by Crippen LogP contribution is 2.45. The highest BCUT2D eigenvalue weighted by atomic mass is 31.2. The third kappa shape index (κ3) is 58.8. The average molecular weight is 1230 g/mol. The molecule has 0 bridgehead atoms. The fraction of sp³-hybridized carbons (Fsp3) is 0.938. The monoisotopic (exact) mass is 1230 g/mol. The number of rotatable bonds is 65. The maximum absolute atomic E-state index is 13.0. The largest absolute Gasteiger partial charge is 0.472 e. The summed E-state index contributed by atoms with van der Waals surface area (Å²) in [6.07, 6.45) is 45.2. The van der Waals surface area contributed by atoms with Gasteiger partial charge in [0, 0.05) is 25.7 Å². The quantitative estimate of drug-likeness (QED) is 0.0222. The summed E-state index contributed by atoms with van der Waals surface area (Å²) in [7, 11) is -9.87. The molecule has 0 aromatic rings. The molecule has 17 nitrogen and oxygen atoms in total. The molecule has 0 aliphatic carbocycles. The van der Waals surface area contributed by atoms with E-state index in [0.29, 0.717) is 25.7 Å². The molecule has 0 rings (SSSR count). The van der Waals surface area contributed by atoms with E-state index in [1.165, 1.54) is 141 Å². The molecule has 0 aromatic carbocycles. The van der Waals surface area contributed by atoms with Crippen molar-refractivity contribution in [2.45, 2.75) is 348 Å². The van der Waals surface area contributed by atoms with Crippen LogP contribution in [-0.2, 0) is 65.4 Å². The van der Waals surface area contributed by atoms with E-state index >= 15 is 0 Å². The van der Waals surface area contributed by atoms with E-state index in [1.54, 1.807) is 0 Å². The van der Waals surface area contributed by atoms with Crippen LogP contribution in [0.1, 0.15) is 329 Å². The Labute approximate surface area is 505 Å². The summed E-state index contributed by atoms with van der Waals surface area (Å²) in [5.41, 5.74) is 0. The fourth-order valence-corrected chi connectivity index (χ4v) is 11.2. The predicted octanol–water partition coefficient (Wildman–Crippen LogP) is 17.9. The van der Waals surface area contributed by atoms with Crippen molar-refractivity contribution in [3.05, 3.63) is 0 Å². The van der Waals surface area contributed by atoms with Crippen molar-refractivity contribution in [2.24, 2.45) is 0 Å². The molecule has 3 N–H and O–H groups in total. The third-order valence-corrected chi connectivity index (χ3v) is 16.8. The number of hydrogen-bond donors (Lipinski definition) is 3. The van der Waals surface area contributed by atoms with Gasteiger partial charge in [-0.3, -0.25) is 37.3 Å². The van der Waals surface area contributed by atoms with Gasteiger partial charge in [-0.25, -0.2) is 9.13 Å². The smallest absolute Gasteiger partial charge is 0.462 e. The first-order valence-electron chi connectivity index (χ1n) is 33.8. The Hall–Kier alpha value is -1.94. The second-order valence-corrected chi connectivity index (χ2v) is 26.1. The Morgan fingerprint density at radius 3 is 0.711 bits per heavy atom. The zero-order valence-corrected chi connectivity index (χ0v) is 54.9. The molecule has 492 valence electrons. The van der Waals surface area contributed by atoms with Crippen LogP contribution in [0.4, 0.5) is 0 Å². The molecular formula is C64H124O17P2. The normalized spacial score (nSPS) is 14.2. The van der Waals surface area contributed by atoms with Crippen LogP contribution in [-0.4, -0.2) is 96.7 Å². The summed E-state index contributed by atoms with van der Waals surface area (Å²) >= 11 is 0. The second kappa shape index (κ2) is 59.0. The number of phosphoric acid groups is 2. The zero-order chi connectivity index (χ0) is 61.2. The molecule has 0 aromatic heterocycles. The molecule has 2 unspecified atom stereocenters.